The first-order valence-electron chi connectivity index (χ1n) is 5.68. The summed E-state index contributed by atoms with van der Waals surface area (Å²) in [5.41, 5.74) is 1.29. The fraction of sp³-hybridized carbons (Fsp3) is 0.0769. The molecule has 0 aliphatic rings. The first kappa shape index (κ1) is 21.5. The molecule has 2 aromatic rings. The van der Waals surface area contributed by atoms with Crippen molar-refractivity contribution < 1.29 is 56.1 Å². The molecule has 0 saturated heterocycles. The van der Waals surface area contributed by atoms with E-state index in [9.17, 15) is 32.0 Å². The second-order valence-corrected chi connectivity index (χ2v) is 3.88. The molecular formula is C13H7BF5O3Ru. The van der Waals surface area contributed by atoms with Crippen molar-refractivity contribution in [2.24, 2.45) is 0 Å². The summed E-state index contributed by atoms with van der Waals surface area (Å²) < 4.78 is 65.9. The molecule has 123 valence electrons. The molecule has 0 saturated carbocycles. The Morgan fingerprint density at radius 2 is 1.26 bits per heavy atom. The Bertz CT molecular complexity index is 614. The van der Waals surface area contributed by atoms with Crippen LogP contribution < -0.4 is 14.7 Å². The van der Waals surface area contributed by atoms with Crippen molar-refractivity contribution >= 4 is 7.32 Å². The van der Waals surface area contributed by atoms with Crippen molar-refractivity contribution in [3.05, 3.63) is 65.0 Å². The number of benzene rings is 2. The number of hydrogen-bond acceptors (Lipinski definition) is 3. The summed E-state index contributed by atoms with van der Waals surface area (Å²) in [6.07, 6.45) is 0. The van der Waals surface area contributed by atoms with Gasteiger partial charge in [0.2, 0.25) is 29.1 Å². The SMILES string of the molecule is Cc1cc[c-]cc1.[O-]B([O-])Oc1c(F)c(F)c(F)c(F)c1F.[Ru+3]. The van der Waals surface area contributed by atoms with Gasteiger partial charge >= 0.3 is 19.5 Å². The molecule has 0 bridgehead atoms. The molecule has 0 N–H and O–H groups in total. The Labute approximate surface area is 141 Å². The summed E-state index contributed by atoms with van der Waals surface area (Å²) in [6.45, 7) is 2.06. The normalized spacial score (nSPS) is 9.39. The van der Waals surface area contributed by atoms with Crippen molar-refractivity contribution in [2.45, 2.75) is 6.92 Å². The van der Waals surface area contributed by atoms with E-state index in [-0.39, 0.29) is 19.5 Å². The molecule has 0 aromatic heterocycles. The van der Waals surface area contributed by atoms with Crippen molar-refractivity contribution in [2.75, 3.05) is 0 Å². The topological polar surface area (TPSA) is 55.3 Å². The Kier molecular flexibility index (Phi) is 8.97. The molecular weight excluding hydrogens is 411 g/mol. The van der Waals surface area contributed by atoms with E-state index in [0.29, 0.717) is 0 Å². The van der Waals surface area contributed by atoms with E-state index in [2.05, 4.69) is 17.6 Å². The van der Waals surface area contributed by atoms with Crippen LogP contribution in [0, 0.1) is 42.1 Å². The Balaban J connectivity index is 0.000000509. The molecule has 23 heavy (non-hydrogen) atoms. The maximum Gasteiger partial charge on any atom is 3.00 e. The van der Waals surface area contributed by atoms with E-state index in [1.54, 1.807) is 0 Å². The van der Waals surface area contributed by atoms with Crippen LogP contribution in [-0.4, -0.2) is 7.32 Å². The van der Waals surface area contributed by atoms with E-state index in [1.165, 1.54) is 5.56 Å². The molecule has 3 nitrogen and oxygen atoms in total. The van der Waals surface area contributed by atoms with Crippen molar-refractivity contribution in [1.82, 2.24) is 0 Å². The molecule has 0 heterocycles. The van der Waals surface area contributed by atoms with Gasteiger partial charge in [-0.1, -0.05) is 6.92 Å². The summed E-state index contributed by atoms with van der Waals surface area (Å²) in [7, 11) is -3.20. The fourth-order valence-electron chi connectivity index (χ4n) is 1.25. The first-order valence-corrected chi connectivity index (χ1v) is 5.68. The zero-order valence-corrected chi connectivity index (χ0v) is 13.1. The quantitative estimate of drug-likeness (QED) is 0.243. The molecule has 0 unspecified atom stereocenters. The molecule has 0 aliphatic carbocycles. The minimum absolute atomic E-state index is 0. The van der Waals surface area contributed by atoms with Crippen LogP contribution in [0.25, 0.3) is 0 Å². The predicted molar refractivity (Wildman–Crippen MR) is 62.6 cm³/mol. The average Bonchev–Trinajstić information content (AvgIpc) is 2.49. The van der Waals surface area contributed by atoms with Crippen LogP contribution in [0.1, 0.15) is 5.56 Å². The maximum absolute atomic E-state index is 12.6. The maximum atomic E-state index is 12.6. The van der Waals surface area contributed by atoms with Crippen molar-refractivity contribution in [1.29, 1.82) is 0 Å². The largest absolute Gasteiger partial charge is 3.00 e. The molecule has 2 rings (SSSR count). The van der Waals surface area contributed by atoms with E-state index < -0.39 is 42.2 Å². The summed E-state index contributed by atoms with van der Waals surface area (Å²) in [6, 6.07) is 10.8. The summed E-state index contributed by atoms with van der Waals surface area (Å²) >= 11 is 0. The fourth-order valence-corrected chi connectivity index (χ4v) is 1.25. The Morgan fingerprint density at radius 1 is 0.870 bits per heavy atom. The molecule has 2 aromatic carbocycles. The van der Waals surface area contributed by atoms with Gasteiger partial charge in [-0.3, -0.25) is 0 Å². The van der Waals surface area contributed by atoms with Gasteiger partial charge in [0.25, 0.3) is 0 Å². The minimum Gasteiger partial charge on any atom is -0.860 e. The molecule has 0 spiro atoms. The van der Waals surface area contributed by atoms with Gasteiger partial charge in [-0.2, -0.15) is 44.7 Å². The Hall–Kier alpha value is -1.50. The van der Waals surface area contributed by atoms with E-state index in [4.69, 9.17) is 0 Å². The van der Waals surface area contributed by atoms with Crippen LogP contribution in [-0.2, 0) is 19.5 Å². The summed E-state index contributed by atoms with van der Waals surface area (Å²) in [5, 5.41) is 19.7. The standard InChI is InChI=1S/C7H7.C6BF5O3.Ru/c1-7-5-3-2-4-6-7;8-1-2(9)4(11)6(15-7(13)14)5(12)3(1)10;/h3-6H,1H3;;/q-1;-2;+3. The van der Waals surface area contributed by atoms with E-state index >= 15 is 0 Å². The van der Waals surface area contributed by atoms with Crippen LogP contribution in [0.4, 0.5) is 22.0 Å². The number of aryl methyl sites for hydroxylation is 1. The molecule has 1 radical (unpaired) electrons. The van der Waals surface area contributed by atoms with Crippen LogP contribution in [0.5, 0.6) is 5.75 Å². The van der Waals surface area contributed by atoms with Gasteiger partial charge in [0.1, 0.15) is 7.32 Å². The monoisotopic (exact) mass is 419 g/mol. The Morgan fingerprint density at radius 3 is 1.57 bits per heavy atom. The second-order valence-electron chi connectivity index (χ2n) is 3.88. The van der Waals surface area contributed by atoms with E-state index in [0.717, 1.165) is 0 Å². The minimum atomic E-state index is -3.20. The van der Waals surface area contributed by atoms with Gasteiger partial charge in [0.05, 0.1) is 0 Å². The summed E-state index contributed by atoms with van der Waals surface area (Å²) in [4.78, 5) is 0. The van der Waals surface area contributed by atoms with Crippen LogP contribution in [0.2, 0.25) is 0 Å². The zero-order valence-electron chi connectivity index (χ0n) is 11.4. The second kappa shape index (κ2) is 9.60. The zero-order chi connectivity index (χ0) is 16.9. The van der Waals surface area contributed by atoms with Crippen LogP contribution in [0.3, 0.4) is 0 Å². The predicted octanol–water partition coefficient (Wildman–Crippen LogP) is 1.26. The first-order chi connectivity index (χ1) is 10.3. The molecule has 10 heteroatoms. The smallest absolute Gasteiger partial charge is 0.860 e. The van der Waals surface area contributed by atoms with E-state index in [1.807, 2.05) is 24.3 Å². The summed E-state index contributed by atoms with van der Waals surface area (Å²) in [5.74, 6) is -13.6. The molecule has 0 atom stereocenters. The van der Waals surface area contributed by atoms with Gasteiger partial charge < -0.3 is 14.7 Å². The average molecular weight is 418 g/mol. The van der Waals surface area contributed by atoms with Gasteiger partial charge in [0, 0.05) is 0 Å². The number of rotatable bonds is 2. The van der Waals surface area contributed by atoms with Crippen molar-refractivity contribution in [3.8, 4) is 5.75 Å². The molecule has 0 aliphatic heterocycles. The molecule has 0 fully saturated rings. The number of halogens is 5. The van der Waals surface area contributed by atoms with Gasteiger partial charge in [-0.05, 0) is 0 Å². The van der Waals surface area contributed by atoms with Gasteiger partial charge in [-0.15, -0.1) is 0 Å². The van der Waals surface area contributed by atoms with Crippen LogP contribution >= 0.6 is 0 Å². The molecule has 0 amide bonds. The van der Waals surface area contributed by atoms with Gasteiger partial charge in [0.15, 0.2) is 5.75 Å². The van der Waals surface area contributed by atoms with Crippen molar-refractivity contribution in [3.63, 3.8) is 0 Å². The van der Waals surface area contributed by atoms with Crippen LogP contribution in [0.15, 0.2) is 24.3 Å². The van der Waals surface area contributed by atoms with Gasteiger partial charge in [-0.25, -0.2) is 13.2 Å². The third-order valence-corrected chi connectivity index (χ3v) is 2.27. The third kappa shape index (κ3) is 5.89. The third-order valence-electron chi connectivity index (χ3n) is 2.27. The number of hydrogen-bond donors (Lipinski definition) is 0.